The molecule has 2 nitrogen and oxygen atoms in total. The van der Waals surface area contributed by atoms with Gasteiger partial charge in [0.2, 0.25) is 0 Å². The van der Waals surface area contributed by atoms with Gasteiger partial charge in [-0.2, -0.15) is 5.10 Å². The summed E-state index contributed by atoms with van der Waals surface area (Å²) in [6.07, 6.45) is 0. The Morgan fingerprint density at radius 3 is 2.83 bits per heavy atom. The van der Waals surface area contributed by atoms with Crippen molar-refractivity contribution in [3.05, 3.63) is 0 Å². The average molecular weight is 104 g/mol. The zero-order valence-electron chi connectivity index (χ0n) is 3.72. The first-order valence-electron chi connectivity index (χ1n) is 1.75. The van der Waals surface area contributed by atoms with Crippen LogP contribution in [0.4, 0.5) is 0 Å². The number of rotatable bonds is 2. The van der Waals surface area contributed by atoms with Crippen LogP contribution in [0.3, 0.4) is 0 Å². The molecule has 0 aromatic heterocycles. The highest BCUT2D eigenvalue weighted by Crippen LogP contribution is 1.88. The maximum absolute atomic E-state index is 4.76. The average Bonchev–Trinajstić information content (AvgIpc) is 1.61. The Balaban J connectivity index is 2.66. The van der Waals surface area contributed by atoms with Crippen LogP contribution in [0.15, 0.2) is 5.10 Å². The van der Waals surface area contributed by atoms with E-state index in [1.807, 2.05) is 6.92 Å². The molecule has 0 aliphatic carbocycles. The Bertz CT molecular complexity index is 44.1. The van der Waals surface area contributed by atoms with Crippen LogP contribution in [0.2, 0.25) is 0 Å². The van der Waals surface area contributed by atoms with Gasteiger partial charge >= 0.3 is 0 Å². The van der Waals surface area contributed by atoms with E-state index in [-0.39, 0.29) is 0 Å². The van der Waals surface area contributed by atoms with Crippen molar-refractivity contribution < 1.29 is 0 Å². The predicted molar refractivity (Wildman–Crippen MR) is 30.8 cm³/mol. The first-order chi connectivity index (χ1) is 2.91. The van der Waals surface area contributed by atoms with Gasteiger partial charge in [0.25, 0.3) is 0 Å². The quantitative estimate of drug-likeness (QED) is 0.242. The molecule has 0 aromatic carbocycles. The van der Waals surface area contributed by atoms with Crippen molar-refractivity contribution in [2.24, 2.45) is 10.9 Å². The molecular weight excluding hydrogens is 96.1 g/mol. The molecule has 0 rings (SSSR count). The fraction of sp³-hybridized carbons (Fsp3) is 0.667. The van der Waals surface area contributed by atoms with Gasteiger partial charge < -0.3 is 5.84 Å². The molecule has 0 heterocycles. The van der Waals surface area contributed by atoms with E-state index in [4.69, 9.17) is 5.84 Å². The third-order valence-electron chi connectivity index (χ3n) is 0.302. The molecule has 0 radical (unpaired) electrons. The highest BCUT2D eigenvalue weighted by atomic mass is 32.2. The summed E-state index contributed by atoms with van der Waals surface area (Å²) in [7, 11) is 0. The largest absolute Gasteiger partial charge is 0.323 e. The molecule has 0 saturated heterocycles. The predicted octanol–water partition coefficient (Wildman–Crippen LogP) is 0.642. The molecule has 0 aromatic rings. The summed E-state index contributed by atoms with van der Waals surface area (Å²) in [5.74, 6) is 5.81. The highest BCUT2D eigenvalue weighted by molar-refractivity contribution is 8.12. The number of hydrazone groups is 1. The molecule has 0 aliphatic rings. The summed E-state index contributed by atoms with van der Waals surface area (Å²) >= 11 is 1.59. The lowest BCUT2D eigenvalue weighted by molar-refractivity contribution is 1.27. The molecule has 0 fully saturated rings. The monoisotopic (exact) mass is 104 g/mol. The van der Waals surface area contributed by atoms with Crippen molar-refractivity contribution in [2.75, 3.05) is 5.75 Å². The van der Waals surface area contributed by atoms with Crippen LogP contribution in [0.1, 0.15) is 6.92 Å². The molecular formula is C3H8N2S. The minimum atomic E-state index is 1.04. The van der Waals surface area contributed by atoms with E-state index in [1.54, 1.807) is 17.3 Å². The van der Waals surface area contributed by atoms with Crippen LogP contribution in [0.5, 0.6) is 0 Å². The minimum absolute atomic E-state index is 1.04. The Labute approximate surface area is 41.8 Å². The second-order valence-electron chi connectivity index (χ2n) is 0.710. The Hall–Kier alpha value is -0.180. The third-order valence-corrected chi connectivity index (χ3v) is 0.906. The third kappa shape index (κ3) is 3.82. The van der Waals surface area contributed by atoms with Gasteiger partial charge in [0, 0.05) is 0 Å². The van der Waals surface area contributed by atoms with Crippen LogP contribution < -0.4 is 5.84 Å². The lowest BCUT2D eigenvalue weighted by Gasteiger charge is -1.76. The van der Waals surface area contributed by atoms with Crippen LogP contribution in [-0.2, 0) is 0 Å². The van der Waals surface area contributed by atoms with Crippen LogP contribution in [0, 0.1) is 0 Å². The number of nitrogens with zero attached hydrogens (tertiary/aromatic N) is 1. The van der Waals surface area contributed by atoms with Crippen LogP contribution in [-0.4, -0.2) is 11.3 Å². The molecule has 0 saturated carbocycles. The maximum atomic E-state index is 4.76. The summed E-state index contributed by atoms with van der Waals surface area (Å²) in [5, 5.41) is 3.26. The Kier molecular flexibility index (Phi) is 4.68. The van der Waals surface area contributed by atoms with E-state index in [0.717, 1.165) is 5.75 Å². The molecule has 2 N–H and O–H groups in total. The van der Waals surface area contributed by atoms with Gasteiger partial charge in [-0.15, -0.1) is 11.8 Å². The lowest BCUT2D eigenvalue weighted by Crippen LogP contribution is -1.77. The number of nitrogens with two attached hydrogens (primary N) is 1. The van der Waals surface area contributed by atoms with Crippen molar-refractivity contribution in [1.82, 2.24) is 0 Å². The molecule has 0 atom stereocenters. The number of hydrogen-bond donors (Lipinski definition) is 1. The molecule has 36 valence electrons. The normalized spacial score (nSPS) is 10.2. The van der Waals surface area contributed by atoms with Crippen molar-refractivity contribution in [1.29, 1.82) is 0 Å². The SMILES string of the molecule is CCS/C=N\N. The fourth-order valence-corrected chi connectivity index (χ4v) is 0.353. The van der Waals surface area contributed by atoms with Crippen molar-refractivity contribution in [3.63, 3.8) is 0 Å². The summed E-state index contributed by atoms with van der Waals surface area (Å²) in [6.45, 7) is 2.05. The summed E-state index contributed by atoms with van der Waals surface area (Å²) in [6, 6.07) is 0. The number of thioether (sulfide) groups is 1. The van der Waals surface area contributed by atoms with Gasteiger partial charge in [0.15, 0.2) is 0 Å². The number of hydrogen-bond acceptors (Lipinski definition) is 3. The van der Waals surface area contributed by atoms with Crippen LogP contribution >= 0.6 is 11.8 Å². The molecule has 0 bridgehead atoms. The first-order valence-corrected chi connectivity index (χ1v) is 2.80. The molecule has 6 heavy (non-hydrogen) atoms. The van der Waals surface area contributed by atoms with E-state index in [1.165, 1.54) is 0 Å². The fourth-order valence-electron chi connectivity index (χ4n) is 0.118. The van der Waals surface area contributed by atoms with Gasteiger partial charge in [0.05, 0.1) is 5.55 Å². The Morgan fingerprint density at radius 1 is 2.00 bits per heavy atom. The molecule has 3 heteroatoms. The van der Waals surface area contributed by atoms with Gasteiger partial charge in [-0.3, -0.25) is 0 Å². The van der Waals surface area contributed by atoms with Crippen molar-refractivity contribution in [2.45, 2.75) is 6.92 Å². The van der Waals surface area contributed by atoms with E-state index < -0.39 is 0 Å². The topological polar surface area (TPSA) is 38.4 Å². The highest BCUT2D eigenvalue weighted by Gasteiger charge is 1.66. The molecule has 0 unspecified atom stereocenters. The molecule has 0 amide bonds. The van der Waals surface area contributed by atoms with Gasteiger partial charge in [0.1, 0.15) is 0 Å². The van der Waals surface area contributed by atoms with Crippen LogP contribution in [0.25, 0.3) is 0 Å². The van der Waals surface area contributed by atoms with Crippen molar-refractivity contribution >= 4 is 17.3 Å². The van der Waals surface area contributed by atoms with E-state index in [9.17, 15) is 0 Å². The molecule has 0 spiro atoms. The zero-order valence-corrected chi connectivity index (χ0v) is 4.53. The van der Waals surface area contributed by atoms with Gasteiger partial charge in [-0.25, -0.2) is 0 Å². The van der Waals surface area contributed by atoms with E-state index in [0.29, 0.717) is 0 Å². The molecule has 0 aliphatic heterocycles. The first kappa shape index (κ1) is 5.82. The maximum Gasteiger partial charge on any atom is 0.0794 e. The van der Waals surface area contributed by atoms with E-state index >= 15 is 0 Å². The van der Waals surface area contributed by atoms with E-state index in [2.05, 4.69) is 5.10 Å². The van der Waals surface area contributed by atoms with Gasteiger partial charge in [-0.05, 0) is 5.75 Å². The summed E-state index contributed by atoms with van der Waals surface area (Å²) < 4.78 is 0. The second kappa shape index (κ2) is 4.82. The second-order valence-corrected chi connectivity index (χ2v) is 1.83. The van der Waals surface area contributed by atoms with Crippen molar-refractivity contribution in [3.8, 4) is 0 Å². The standard InChI is InChI=1S/C3H8N2S/c1-2-6-3-5-4/h3H,2,4H2,1H3/b5-3-. The summed E-state index contributed by atoms with van der Waals surface area (Å²) in [4.78, 5) is 0. The zero-order chi connectivity index (χ0) is 4.83. The summed E-state index contributed by atoms with van der Waals surface area (Å²) in [5.41, 5.74) is 1.62. The van der Waals surface area contributed by atoms with Gasteiger partial charge in [-0.1, -0.05) is 6.92 Å². The Morgan fingerprint density at radius 2 is 2.67 bits per heavy atom. The minimum Gasteiger partial charge on any atom is -0.323 e. The lowest BCUT2D eigenvalue weighted by atomic mass is 11.0. The smallest absolute Gasteiger partial charge is 0.0794 e.